The first-order valence-electron chi connectivity index (χ1n) is 3.64. The summed E-state index contributed by atoms with van der Waals surface area (Å²) in [5, 5.41) is 0. The monoisotopic (exact) mass is 186 g/mol. The third-order valence-corrected chi connectivity index (χ3v) is 2.71. The van der Waals surface area contributed by atoms with Gasteiger partial charge in [-0.05, 0) is 13.8 Å². The minimum Gasteiger partial charge on any atom is -0.485 e. The Morgan fingerprint density at radius 3 is 1.83 bits per heavy atom. The third-order valence-electron chi connectivity index (χ3n) is 1.73. The maximum absolute atomic E-state index is 5.46. The molecular formula is C9H14O2S. The van der Waals surface area contributed by atoms with Crippen LogP contribution in [0.15, 0.2) is 0 Å². The van der Waals surface area contributed by atoms with Crippen molar-refractivity contribution in [2.24, 2.45) is 0 Å². The lowest BCUT2D eigenvalue weighted by Gasteiger charge is -2.15. The molecule has 68 valence electrons. The zero-order valence-electron chi connectivity index (χ0n) is 6.64. The van der Waals surface area contributed by atoms with Gasteiger partial charge in [0.1, 0.15) is 13.2 Å². The molecule has 0 fully saturated rings. The first kappa shape index (κ1) is 9.39. The summed E-state index contributed by atoms with van der Waals surface area (Å²) >= 11 is 1.74. The first-order chi connectivity index (χ1) is 5.29. The molecule has 0 spiro atoms. The second-order valence-corrected chi connectivity index (χ2v) is 4.00. The number of ether oxygens (including phenoxy) is 2. The maximum atomic E-state index is 5.46. The van der Waals surface area contributed by atoms with Crippen molar-refractivity contribution in [3.05, 3.63) is 9.75 Å². The van der Waals surface area contributed by atoms with Gasteiger partial charge in [-0.2, -0.15) is 0 Å². The molecule has 2 rings (SSSR count). The van der Waals surface area contributed by atoms with Crippen molar-refractivity contribution in [3.63, 3.8) is 0 Å². The molecule has 2 heterocycles. The highest BCUT2D eigenvalue weighted by molar-refractivity contribution is 7.12. The molecule has 0 unspecified atom stereocenters. The summed E-state index contributed by atoms with van der Waals surface area (Å²) in [6, 6.07) is 0. The molecule has 1 aliphatic heterocycles. The van der Waals surface area contributed by atoms with Gasteiger partial charge < -0.3 is 9.47 Å². The van der Waals surface area contributed by atoms with Gasteiger partial charge in [-0.25, -0.2) is 0 Å². The molecule has 0 aliphatic carbocycles. The van der Waals surface area contributed by atoms with E-state index in [1.807, 2.05) is 0 Å². The van der Waals surface area contributed by atoms with Crippen molar-refractivity contribution in [2.45, 2.75) is 21.3 Å². The Morgan fingerprint density at radius 2 is 1.42 bits per heavy atom. The molecule has 0 bridgehead atoms. The standard InChI is InChI=1S/C8H10O2S.CH4/c1-5-7-8(6(2)11-5)10-4-3-9-7;/h3-4H2,1-2H3;1H4. The van der Waals surface area contributed by atoms with Crippen LogP contribution in [0.5, 0.6) is 11.5 Å². The molecule has 1 aliphatic rings. The molecule has 1 aromatic rings. The van der Waals surface area contributed by atoms with Crippen molar-refractivity contribution in [2.75, 3.05) is 13.2 Å². The van der Waals surface area contributed by atoms with E-state index in [-0.39, 0.29) is 7.43 Å². The summed E-state index contributed by atoms with van der Waals surface area (Å²) < 4.78 is 10.9. The smallest absolute Gasteiger partial charge is 0.175 e. The van der Waals surface area contributed by atoms with Crippen molar-refractivity contribution in [1.29, 1.82) is 0 Å². The molecule has 0 aromatic carbocycles. The van der Waals surface area contributed by atoms with Crippen molar-refractivity contribution < 1.29 is 9.47 Å². The van der Waals surface area contributed by atoms with Gasteiger partial charge in [-0.15, -0.1) is 11.3 Å². The summed E-state index contributed by atoms with van der Waals surface area (Å²) in [6.45, 7) is 5.49. The van der Waals surface area contributed by atoms with E-state index in [9.17, 15) is 0 Å². The van der Waals surface area contributed by atoms with E-state index in [2.05, 4.69) is 13.8 Å². The Labute approximate surface area is 77.1 Å². The summed E-state index contributed by atoms with van der Waals surface area (Å²) in [5.74, 6) is 1.91. The van der Waals surface area contributed by atoms with Crippen molar-refractivity contribution in [3.8, 4) is 11.5 Å². The minimum absolute atomic E-state index is 0. The molecule has 0 saturated carbocycles. The van der Waals surface area contributed by atoms with Crippen LogP contribution >= 0.6 is 11.3 Å². The highest BCUT2D eigenvalue weighted by Gasteiger charge is 2.19. The van der Waals surface area contributed by atoms with Gasteiger partial charge in [0.25, 0.3) is 0 Å². The molecule has 0 radical (unpaired) electrons. The fraction of sp³-hybridized carbons (Fsp3) is 0.556. The molecule has 0 saturated heterocycles. The second-order valence-electron chi connectivity index (χ2n) is 2.57. The van der Waals surface area contributed by atoms with Crippen molar-refractivity contribution >= 4 is 11.3 Å². The van der Waals surface area contributed by atoms with Crippen LogP contribution in [0.1, 0.15) is 17.2 Å². The lowest BCUT2D eigenvalue weighted by Crippen LogP contribution is -2.14. The first-order valence-corrected chi connectivity index (χ1v) is 4.46. The molecule has 0 N–H and O–H groups in total. The largest absolute Gasteiger partial charge is 0.485 e. The van der Waals surface area contributed by atoms with Gasteiger partial charge in [0, 0.05) is 9.75 Å². The van der Waals surface area contributed by atoms with Crippen LogP contribution in [0.25, 0.3) is 0 Å². The Balaban J connectivity index is 0.000000720. The summed E-state index contributed by atoms with van der Waals surface area (Å²) in [4.78, 5) is 2.44. The fourth-order valence-corrected chi connectivity index (χ4v) is 2.21. The van der Waals surface area contributed by atoms with Crippen LogP contribution in [0, 0.1) is 13.8 Å². The summed E-state index contributed by atoms with van der Waals surface area (Å²) in [6.07, 6.45) is 0. The Kier molecular flexibility index (Phi) is 2.62. The number of fused-ring (bicyclic) bond motifs is 1. The normalized spacial score (nSPS) is 13.8. The van der Waals surface area contributed by atoms with Gasteiger partial charge >= 0.3 is 0 Å². The SMILES string of the molecule is C.Cc1sc(C)c2c1OCCO2. The van der Waals surface area contributed by atoms with E-state index in [1.165, 1.54) is 9.75 Å². The zero-order chi connectivity index (χ0) is 7.84. The summed E-state index contributed by atoms with van der Waals surface area (Å²) in [5.41, 5.74) is 0. The topological polar surface area (TPSA) is 18.5 Å². The maximum Gasteiger partial charge on any atom is 0.175 e. The van der Waals surface area contributed by atoms with Gasteiger partial charge in [0.15, 0.2) is 11.5 Å². The fourth-order valence-electron chi connectivity index (χ4n) is 1.26. The molecule has 0 atom stereocenters. The van der Waals surface area contributed by atoms with E-state index in [0.717, 1.165) is 11.5 Å². The number of thiophene rings is 1. The van der Waals surface area contributed by atoms with E-state index in [0.29, 0.717) is 13.2 Å². The summed E-state index contributed by atoms with van der Waals surface area (Å²) in [7, 11) is 0. The molecule has 2 nitrogen and oxygen atoms in total. The minimum atomic E-state index is 0. The number of hydrogen-bond donors (Lipinski definition) is 0. The van der Waals surface area contributed by atoms with Crippen LogP contribution in [-0.2, 0) is 0 Å². The van der Waals surface area contributed by atoms with Gasteiger partial charge in [0.2, 0.25) is 0 Å². The number of rotatable bonds is 0. The van der Waals surface area contributed by atoms with Crippen LogP contribution in [0.4, 0.5) is 0 Å². The molecular weight excluding hydrogens is 172 g/mol. The average Bonchev–Trinajstić information content (AvgIpc) is 2.30. The van der Waals surface area contributed by atoms with E-state index >= 15 is 0 Å². The highest BCUT2D eigenvalue weighted by Crippen LogP contribution is 2.42. The number of hydrogen-bond acceptors (Lipinski definition) is 3. The van der Waals surface area contributed by atoms with E-state index in [4.69, 9.17) is 9.47 Å². The van der Waals surface area contributed by atoms with Crippen LogP contribution in [0.3, 0.4) is 0 Å². The predicted molar refractivity (Wildman–Crippen MR) is 51.5 cm³/mol. The third kappa shape index (κ3) is 1.29. The van der Waals surface area contributed by atoms with Crippen LogP contribution in [-0.4, -0.2) is 13.2 Å². The average molecular weight is 186 g/mol. The predicted octanol–water partition coefficient (Wildman–Crippen LogP) is 2.77. The molecule has 3 heteroatoms. The Bertz CT molecular complexity index is 252. The highest BCUT2D eigenvalue weighted by atomic mass is 32.1. The molecule has 1 aromatic heterocycles. The second kappa shape index (κ2) is 3.35. The van der Waals surface area contributed by atoms with Gasteiger partial charge in [0.05, 0.1) is 0 Å². The van der Waals surface area contributed by atoms with Crippen molar-refractivity contribution in [1.82, 2.24) is 0 Å². The number of aryl methyl sites for hydroxylation is 2. The van der Waals surface area contributed by atoms with E-state index < -0.39 is 0 Å². The van der Waals surface area contributed by atoms with Gasteiger partial charge in [-0.1, -0.05) is 7.43 Å². The quantitative estimate of drug-likeness (QED) is 0.620. The lowest BCUT2D eigenvalue weighted by molar-refractivity contribution is 0.171. The molecule has 12 heavy (non-hydrogen) atoms. The Morgan fingerprint density at radius 1 is 1.00 bits per heavy atom. The van der Waals surface area contributed by atoms with E-state index in [1.54, 1.807) is 11.3 Å². The van der Waals surface area contributed by atoms with Crippen LogP contribution < -0.4 is 9.47 Å². The Hall–Kier alpha value is -0.700. The van der Waals surface area contributed by atoms with Crippen LogP contribution in [0.2, 0.25) is 0 Å². The molecule has 0 amide bonds. The zero-order valence-corrected chi connectivity index (χ0v) is 7.46. The van der Waals surface area contributed by atoms with Gasteiger partial charge in [-0.3, -0.25) is 0 Å². The lowest BCUT2D eigenvalue weighted by atomic mass is 10.3.